The fourth-order valence-corrected chi connectivity index (χ4v) is 2.57. The van der Waals surface area contributed by atoms with E-state index in [1.807, 2.05) is 24.3 Å². The topological polar surface area (TPSA) is 58.4 Å². The Hall–Kier alpha value is -1.10. The molecule has 110 valence electrons. The minimum absolute atomic E-state index is 0.0751. The van der Waals surface area contributed by atoms with E-state index in [0.717, 1.165) is 38.0 Å². The molecule has 1 heterocycles. The van der Waals surface area contributed by atoms with Crippen LogP contribution in [0.3, 0.4) is 0 Å². The number of nitrogens with one attached hydrogen (secondary N) is 1. The molecule has 0 atom stereocenters. The summed E-state index contributed by atoms with van der Waals surface area (Å²) in [6.45, 7) is 3.73. The number of hydrogen-bond donors (Lipinski definition) is 2. The Morgan fingerprint density at radius 1 is 1.30 bits per heavy atom. The molecule has 0 spiro atoms. The molecule has 2 rings (SSSR count). The molecule has 1 aliphatic rings. The van der Waals surface area contributed by atoms with E-state index in [1.165, 1.54) is 0 Å². The van der Waals surface area contributed by atoms with Gasteiger partial charge in [-0.15, -0.1) is 0 Å². The van der Waals surface area contributed by atoms with Crippen LogP contribution < -0.4 is 11.1 Å². The Morgan fingerprint density at radius 2 is 1.95 bits per heavy atom. The third-order valence-corrected chi connectivity index (χ3v) is 4.06. The standard InChI is InChI=1S/C15H22ClN3O/c16-14-3-1-13(2-4-14)10-18-15(20)11-19-7-5-12(9-17)6-8-19/h1-4,12H,5-11,17H2,(H,18,20). The van der Waals surface area contributed by atoms with Crippen molar-refractivity contribution in [2.75, 3.05) is 26.2 Å². The average Bonchev–Trinajstić information content (AvgIpc) is 2.47. The van der Waals surface area contributed by atoms with Gasteiger partial charge in [0.1, 0.15) is 0 Å². The van der Waals surface area contributed by atoms with Gasteiger partial charge in [-0.3, -0.25) is 9.69 Å². The molecule has 5 heteroatoms. The Kier molecular flexibility index (Phi) is 5.83. The number of rotatable bonds is 5. The van der Waals surface area contributed by atoms with Crippen LogP contribution in [0.1, 0.15) is 18.4 Å². The average molecular weight is 296 g/mol. The van der Waals surface area contributed by atoms with Crippen LogP contribution in [-0.2, 0) is 11.3 Å². The predicted octanol–water partition coefficient (Wildman–Crippen LogP) is 1.63. The van der Waals surface area contributed by atoms with Gasteiger partial charge in [0.25, 0.3) is 0 Å². The first-order chi connectivity index (χ1) is 9.67. The van der Waals surface area contributed by atoms with Crippen molar-refractivity contribution in [3.05, 3.63) is 34.9 Å². The zero-order valence-electron chi connectivity index (χ0n) is 11.6. The van der Waals surface area contributed by atoms with E-state index in [2.05, 4.69) is 10.2 Å². The monoisotopic (exact) mass is 295 g/mol. The molecule has 1 aromatic rings. The van der Waals surface area contributed by atoms with Crippen LogP contribution in [0.25, 0.3) is 0 Å². The van der Waals surface area contributed by atoms with E-state index in [9.17, 15) is 4.79 Å². The maximum absolute atomic E-state index is 11.9. The van der Waals surface area contributed by atoms with E-state index in [0.29, 0.717) is 24.0 Å². The summed E-state index contributed by atoms with van der Waals surface area (Å²) in [5, 5.41) is 3.65. The first-order valence-corrected chi connectivity index (χ1v) is 7.48. The van der Waals surface area contributed by atoms with E-state index >= 15 is 0 Å². The molecule has 3 N–H and O–H groups in total. The van der Waals surface area contributed by atoms with E-state index < -0.39 is 0 Å². The summed E-state index contributed by atoms with van der Waals surface area (Å²) in [6, 6.07) is 7.52. The lowest BCUT2D eigenvalue weighted by atomic mass is 9.97. The van der Waals surface area contributed by atoms with Crippen LogP contribution in [-0.4, -0.2) is 37.0 Å². The summed E-state index contributed by atoms with van der Waals surface area (Å²) in [7, 11) is 0. The normalized spacial score (nSPS) is 17.1. The minimum Gasteiger partial charge on any atom is -0.351 e. The van der Waals surface area contributed by atoms with E-state index in [1.54, 1.807) is 0 Å². The number of amides is 1. The molecule has 20 heavy (non-hydrogen) atoms. The van der Waals surface area contributed by atoms with Crippen LogP contribution in [0, 0.1) is 5.92 Å². The van der Waals surface area contributed by atoms with Crippen LogP contribution >= 0.6 is 11.6 Å². The molecular weight excluding hydrogens is 274 g/mol. The largest absolute Gasteiger partial charge is 0.351 e. The summed E-state index contributed by atoms with van der Waals surface area (Å²) in [5.41, 5.74) is 6.73. The highest BCUT2D eigenvalue weighted by molar-refractivity contribution is 6.30. The van der Waals surface area contributed by atoms with Crippen molar-refractivity contribution in [2.45, 2.75) is 19.4 Å². The number of likely N-dealkylation sites (tertiary alicyclic amines) is 1. The first kappa shape index (κ1) is 15.3. The molecule has 0 saturated carbocycles. The summed E-state index contributed by atoms with van der Waals surface area (Å²) in [5.74, 6) is 0.703. The number of halogens is 1. The number of hydrogen-bond acceptors (Lipinski definition) is 3. The second kappa shape index (κ2) is 7.62. The zero-order valence-corrected chi connectivity index (χ0v) is 12.4. The van der Waals surface area contributed by atoms with Crippen LogP contribution in [0.5, 0.6) is 0 Å². The Labute approximate surface area is 125 Å². The second-order valence-electron chi connectivity index (χ2n) is 5.36. The number of piperidine rings is 1. The van der Waals surface area contributed by atoms with Crippen molar-refractivity contribution in [2.24, 2.45) is 11.7 Å². The molecule has 0 radical (unpaired) electrons. The van der Waals surface area contributed by atoms with Crippen molar-refractivity contribution in [1.82, 2.24) is 10.2 Å². The Bertz CT molecular complexity index is 427. The van der Waals surface area contributed by atoms with Gasteiger partial charge in [-0.05, 0) is 56.1 Å². The minimum atomic E-state index is 0.0751. The van der Waals surface area contributed by atoms with Crippen molar-refractivity contribution >= 4 is 17.5 Å². The molecule has 4 nitrogen and oxygen atoms in total. The van der Waals surface area contributed by atoms with Gasteiger partial charge >= 0.3 is 0 Å². The lowest BCUT2D eigenvalue weighted by molar-refractivity contribution is -0.122. The van der Waals surface area contributed by atoms with Gasteiger partial charge in [0, 0.05) is 11.6 Å². The molecule has 0 aromatic heterocycles. The lowest BCUT2D eigenvalue weighted by Gasteiger charge is -2.30. The van der Waals surface area contributed by atoms with Gasteiger partial charge in [0.2, 0.25) is 5.91 Å². The summed E-state index contributed by atoms with van der Waals surface area (Å²) in [4.78, 5) is 14.1. The number of nitrogens with zero attached hydrogens (tertiary/aromatic N) is 1. The number of nitrogens with two attached hydrogens (primary N) is 1. The molecule has 0 aliphatic carbocycles. The summed E-state index contributed by atoms with van der Waals surface area (Å²) >= 11 is 5.82. The van der Waals surface area contributed by atoms with E-state index in [4.69, 9.17) is 17.3 Å². The highest BCUT2D eigenvalue weighted by atomic mass is 35.5. The number of carbonyl (C=O) groups is 1. The van der Waals surface area contributed by atoms with Gasteiger partial charge < -0.3 is 11.1 Å². The summed E-state index contributed by atoms with van der Waals surface area (Å²) in [6.07, 6.45) is 2.20. The van der Waals surface area contributed by atoms with Crippen molar-refractivity contribution in [3.63, 3.8) is 0 Å². The quantitative estimate of drug-likeness (QED) is 0.868. The maximum Gasteiger partial charge on any atom is 0.234 e. The highest BCUT2D eigenvalue weighted by Crippen LogP contribution is 2.15. The molecule has 0 bridgehead atoms. The molecule has 1 aliphatic heterocycles. The van der Waals surface area contributed by atoms with Gasteiger partial charge in [-0.2, -0.15) is 0 Å². The third-order valence-electron chi connectivity index (χ3n) is 3.81. The lowest BCUT2D eigenvalue weighted by Crippen LogP contribution is -2.42. The molecule has 0 unspecified atom stereocenters. The Balaban J connectivity index is 1.69. The molecular formula is C15H22ClN3O. The fraction of sp³-hybridized carbons (Fsp3) is 0.533. The van der Waals surface area contributed by atoms with Crippen molar-refractivity contribution in [3.8, 4) is 0 Å². The van der Waals surface area contributed by atoms with Gasteiger partial charge in [-0.1, -0.05) is 23.7 Å². The maximum atomic E-state index is 11.9. The van der Waals surface area contributed by atoms with E-state index in [-0.39, 0.29) is 5.91 Å². The smallest absolute Gasteiger partial charge is 0.234 e. The molecule has 1 saturated heterocycles. The van der Waals surface area contributed by atoms with Crippen LogP contribution in [0.15, 0.2) is 24.3 Å². The summed E-state index contributed by atoms with van der Waals surface area (Å²) < 4.78 is 0. The van der Waals surface area contributed by atoms with Gasteiger partial charge in [-0.25, -0.2) is 0 Å². The first-order valence-electron chi connectivity index (χ1n) is 7.11. The third kappa shape index (κ3) is 4.78. The molecule has 1 aromatic carbocycles. The number of benzene rings is 1. The Morgan fingerprint density at radius 3 is 2.55 bits per heavy atom. The van der Waals surface area contributed by atoms with Crippen molar-refractivity contribution in [1.29, 1.82) is 0 Å². The molecule has 1 amide bonds. The fourth-order valence-electron chi connectivity index (χ4n) is 2.44. The number of carbonyl (C=O) groups excluding carboxylic acids is 1. The van der Waals surface area contributed by atoms with Gasteiger partial charge in [0.15, 0.2) is 0 Å². The SMILES string of the molecule is NCC1CCN(CC(=O)NCc2ccc(Cl)cc2)CC1. The zero-order chi connectivity index (χ0) is 14.4. The molecule has 1 fully saturated rings. The van der Waals surface area contributed by atoms with Crippen LogP contribution in [0.2, 0.25) is 5.02 Å². The second-order valence-corrected chi connectivity index (χ2v) is 5.79. The van der Waals surface area contributed by atoms with Crippen molar-refractivity contribution < 1.29 is 4.79 Å². The predicted molar refractivity (Wildman–Crippen MR) is 81.5 cm³/mol. The highest BCUT2D eigenvalue weighted by Gasteiger charge is 2.19. The van der Waals surface area contributed by atoms with Crippen LogP contribution in [0.4, 0.5) is 0 Å². The van der Waals surface area contributed by atoms with Gasteiger partial charge in [0.05, 0.1) is 6.54 Å².